The fraction of sp³-hybridized carbons (Fsp3) is 0.231. The van der Waals surface area contributed by atoms with Gasteiger partial charge in [-0.2, -0.15) is 0 Å². The molecule has 2 nitrogen and oxygen atoms in total. The van der Waals surface area contributed by atoms with Gasteiger partial charge in [0.15, 0.2) is 0 Å². The average Bonchev–Trinajstić information content (AvgIpc) is 2.75. The van der Waals surface area contributed by atoms with Gasteiger partial charge in [-0.15, -0.1) is 11.3 Å². The highest BCUT2D eigenvalue weighted by atomic mass is 79.9. The number of hydrogen-bond donors (Lipinski definition) is 1. The predicted octanol–water partition coefficient (Wildman–Crippen LogP) is 4.57. The molecule has 0 saturated carbocycles. The van der Waals surface area contributed by atoms with Gasteiger partial charge in [0.2, 0.25) is 0 Å². The first-order chi connectivity index (χ1) is 8.69. The van der Waals surface area contributed by atoms with Crippen molar-refractivity contribution in [2.75, 3.05) is 7.11 Å². The van der Waals surface area contributed by atoms with E-state index in [2.05, 4.69) is 60.8 Å². The van der Waals surface area contributed by atoms with Gasteiger partial charge in [-0.1, -0.05) is 6.07 Å². The molecule has 2 aromatic rings. The Balaban J connectivity index is 1.88. The number of hydrogen-bond acceptors (Lipinski definition) is 3. The van der Waals surface area contributed by atoms with Gasteiger partial charge < -0.3 is 10.1 Å². The molecule has 0 fully saturated rings. The monoisotopic (exact) mass is 389 g/mol. The minimum atomic E-state index is 0.845. The lowest BCUT2D eigenvalue weighted by molar-refractivity contribution is 0.412. The summed E-state index contributed by atoms with van der Waals surface area (Å²) in [5.74, 6) is 0.862. The number of nitrogens with one attached hydrogen (secondary N) is 1. The molecule has 0 unspecified atom stereocenters. The molecule has 0 radical (unpaired) electrons. The third-order valence-corrected chi connectivity index (χ3v) is 4.78. The second kappa shape index (κ2) is 6.70. The summed E-state index contributed by atoms with van der Waals surface area (Å²) in [4.78, 5) is 1.33. The Morgan fingerprint density at radius 3 is 2.67 bits per heavy atom. The Bertz CT molecular complexity index is 527. The summed E-state index contributed by atoms with van der Waals surface area (Å²) in [5.41, 5.74) is 1.23. The molecule has 0 bridgehead atoms. The van der Waals surface area contributed by atoms with Crippen LogP contribution < -0.4 is 10.1 Å². The Morgan fingerprint density at radius 1 is 1.22 bits per heavy atom. The molecule has 1 heterocycles. The van der Waals surface area contributed by atoms with Crippen LogP contribution >= 0.6 is 43.2 Å². The molecule has 0 spiro atoms. The summed E-state index contributed by atoms with van der Waals surface area (Å²) < 4.78 is 7.34. The van der Waals surface area contributed by atoms with Crippen LogP contribution in [-0.4, -0.2) is 7.11 Å². The molecule has 18 heavy (non-hydrogen) atoms. The fourth-order valence-corrected chi connectivity index (χ4v) is 3.61. The van der Waals surface area contributed by atoms with Crippen molar-refractivity contribution >= 4 is 43.2 Å². The van der Waals surface area contributed by atoms with E-state index >= 15 is 0 Å². The molecule has 0 amide bonds. The van der Waals surface area contributed by atoms with Crippen LogP contribution in [0.1, 0.15) is 10.4 Å². The summed E-state index contributed by atoms with van der Waals surface area (Å²) in [5, 5.41) is 5.52. The van der Waals surface area contributed by atoms with Crippen LogP contribution in [0.3, 0.4) is 0 Å². The first-order valence-electron chi connectivity index (χ1n) is 5.45. The van der Waals surface area contributed by atoms with Crippen LogP contribution in [0.5, 0.6) is 5.75 Å². The second-order valence-electron chi connectivity index (χ2n) is 3.80. The highest BCUT2D eigenvalue weighted by molar-refractivity contribution is 9.10. The van der Waals surface area contributed by atoms with Crippen molar-refractivity contribution in [1.82, 2.24) is 5.32 Å². The van der Waals surface area contributed by atoms with Crippen molar-refractivity contribution < 1.29 is 4.74 Å². The number of thiophene rings is 1. The van der Waals surface area contributed by atoms with Crippen LogP contribution in [0, 0.1) is 0 Å². The minimum absolute atomic E-state index is 0.845. The van der Waals surface area contributed by atoms with Crippen LogP contribution in [-0.2, 0) is 13.1 Å². The molecule has 0 atom stereocenters. The molecule has 0 aliphatic heterocycles. The minimum Gasteiger partial charge on any atom is -0.496 e. The van der Waals surface area contributed by atoms with Crippen LogP contribution in [0.25, 0.3) is 0 Å². The van der Waals surface area contributed by atoms with E-state index in [-0.39, 0.29) is 0 Å². The average molecular weight is 391 g/mol. The van der Waals surface area contributed by atoms with E-state index in [1.165, 1.54) is 10.4 Å². The van der Waals surface area contributed by atoms with E-state index in [9.17, 15) is 0 Å². The van der Waals surface area contributed by atoms with Gasteiger partial charge >= 0.3 is 0 Å². The van der Waals surface area contributed by atoms with Gasteiger partial charge in [0.1, 0.15) is 5.75 Å². The van der Waals surface area contributed by atoms with Crippen molar-refractivity contribution in [2.24, 2.45) is 0 Å². The fourth-order valence-electron chi connectivity index (χ4n) is 1.60. The summed E-state index contributed by atoms with van der Waals surface area (Å²) in [6.07, 6.45) is 0. The Morgan fingerprint density at radius 2 is 2.06 bits per heavy atom. The maximum Gasteiger partial charge on any atom is 0.133 e. The lowest BCUT2D eigenvalue weighted by Crippen LogP contribution is -2.11. The lowest BCUT2D eigenvalue weighted by Gasteiger charge is -2.07. The van der Waals surface area contributed by atoms with Crippen molar-refractivity contribution in [1.29, 1.82) is 0 Å². The summed E-state index contributed by atoms with van der Waals surface area (Å²) in [6.45, 7) is 1.73. The summed E-state index contributed by atoms with van der Waals surface area (Å²) in [7, 11) is 1.67. The topological polar surface area (TPSA) is 21.3 Å². The van der Waals surface area contributed by atoms with E-state index in [1.54, 1.807) is 18.4 Å². The van der Waals surface area contributed by atoms with E-state index in [0.29, 0.717) is 0 Å². The first kappa shape index (κ1) is 14.1. The van der Waals surface area contributed by atoms with Gasteiger partial charge in [0.05, 0.1) is 11.6 Å². The molecule has 2 rings (SSSR count). The zero-order valence-corrected chi connectivity index (χ0v) is 13.9. The molecule has 1 N–H and O–H groups in total. The summed E-state index contributed by atoms with van der Waals surface area (Å²) >= 11 is 8.70. The zero-order chi connectivity index (χ0) is 13.0. The Labute approximate surface area is 128 Å². The molecule has 1 aromatic carbocycles. The molecule has 0 aliphatic carbocycles. The Kier molecular flexibility index (Phi) is 5.24. The van der Waals surface area contributed by atoms with Crippen LogP contribution in [0.4, 0.5) is 0 Å². The first-order valence-corrected chi connectivity index (χ1v) is 7.91. The van der Waals surface area contributed by atoms with Crippen LogP contribution in [0.15, 0.2) is 38.6 Å². The third-order valence-electron chi connectivity index (χ3n) is 2.47. The standard InChI is InChI=1S/C13H13Br2NOS/c1-17-13-3-2-9(4-12(13)15)6-16-7-11-5-10(14)8-18-11/h2-5,8,16H,6-7H2,1H3. The van der Waals surface area contributed by atoms with Gasteiger partial charge in [0.25, 0.3) is 0 Å². The highest BCUT2D eigenvalue weighted by Crippen LogP contribution is 2.25. The molecule has 5 heteroatoms. The van der Waals surface area contributed by atoms with Crippen molar-refractivity contribution in [2.45, 2.75) is 13.1 Å². The smallest absolute Gasteiger partial charge is 0.133 e. The van der Waals surface area contributed by atoms with Crippen molar-refractivity contribution in [3.63, 3.8) is 0 Å². The van der Waals surface area contributed by atoms with Gasteiger partial charge in [-0.25, -0.2) is 0 Å². The zero-order valence-electron chi connectivity index (χ0n) is 9.87. The lowest BCUT2D eigenvalue weighted by atomic mass is 10.2. The number of rotatable bonds is 5. The van der Waals surface area contributed by atoms with Gasteiger partial charge in [-0.3, -0.25) is 0 Å². The van der Waals surface area contributed by atoms with Crippen LogP contribution in [0.2, 0.25) is 0 Å². The number of methoxy groups -OCH3 is 1. The normalized spacial score (nSPS) is 10.6. The molecule has 96 valence electrons. The number of benzene rings is 1. The largest absolute Gasteiger partial charge is 0.496 e. The maximum atomic E-state index is 5.21. The van der Waals surface area contributed by atoms with Crippen molar-refractivity contribution in [3.05, 3.63) is 49.0 Å². The van der Waals surface area contributed by atoms with E-state index in [0.717, 1.165) is 27.8 Å². The maximum absolute atomic E-state index is 5.21. The Hall–Kier alpha value is -0.360. The quantitative estimate of drug-likeness (QED) is 0.807. The van der Waals surface area contributed by atoms with Gasteiger partial charge in [-0.05, 0) is 55.6 Å². The van der Waals surface area contributed by atoms with E-state index < -0.39 is 0 Å². The number of ether oxygens (including phenoxy) is 1. The van der Waals surface area contributed by atoms with E-state index in [1.807, 2.05) is 6.07 Å². The molecule has 0 saturated heterocycles. The molecule has 0 aliphatic rings. The van der Waals surface area contributed by atoms with Crippen molar-refractivity contribution in [3.8, 4) is 5.75 Å². The molecular weight excluding hydrogens is 378 g/mol. The SMILES string of the molecule is COc1ccc(CNCc2cc(Br)cs2)cc1Br. The second-order valence-corrected chi connectivity index (χ2v) is 6.57. The predicted molar refractivity (Wildman–Crippen MR) is 83.3 cm³/mol. The molecular formula is C13H13Br2NOS. The van der Waals surface area contributed by atoms with Gasteiger partial charge in [0, 0.05) is 27.8 Å². The summed E-state index contributed by atoms with van der Waals surface area (Å²) in [6, 6.07) is 8.27. The third kappa shape index (κ3) is 3.82. The van der Waals surface area contributed by atoms with E-state index in [4.69, 9.17) is 4.74 Å². The highest BCUT2D eigenvalue weighted by Gasteiger charge is 2.02. The molecule has 1 aromatic heterocycles. The number of halogens is 2.